The van der Waals surface area contributed by atoms with Gasteiger partial charge in [-0.3, -0.25) is 4.79 Å². The highest BCUT2D eigenvalue weighted by Gasteiger charge is 2.18. The molecule has 2 heterocycles. The molecular weight excluding hydrogens is 412 g/mol. The zero-order valence-electron chi connectivity index (χ0n) is 17.9. The van der Waals surface area contributed by atoms with E-state index in [1.807, 2.05) is 68.7 Å². The summed E-state index contributed by atoms with van der Waals surface area (Å²) in [6.45, 7) is 1.63. The van der Waals surface area contributed by atoms with Crippen LogP contribution in [-0.2, 0) is 0 Å². The zero-order chi connectivity index (χ0) is 21.8. The maximum absolute atomic E-state index is 12.8. The first-order valence-corrected chi connectivity index (χ1v) is 11.0. The van der Waals surface area contributed by atoms with Gasteiger partial charge in [-0.25, -0.2) is 0 Å². The highest BCUT2D eigenvalue weighted by atomic mass is 32.1. The summed E-state index contributed by atoms with van der Waals surface area (Å²) in [4.78, 5) is 16.6. The standard InChI is InChI=1S/C24H26N2O4S/c1-26(2)19(16-4-7-18(28-3)8-5-16)15-25-24(27)23-11-10-22(31-23)17-6-9-20-21(14-17)30-13-12-29-20/h4-11,14,19H,12-13,15H2,1-3H3,(H,25,27). The number of nitrogens with one attached hydrogen (secondary N) is 1. The van der Waals surface area contributed by atoms with Crippen LogP contribution in [-0.4, -0.2) is 51.8 Å². The Labute approximate surface area is 186 Å². The quantitative estimate of drug-likeness (QED) is 0.598. The largest absolute Gasteiger partial charge is 0.497 e. The van der Waals surface area contributed by atoms with Crippen LogP contribution >= 0.6 is 11.3 Å². The van der Waals surface area contributed by atoms with Gasteiger partial charge < -0.3 is 24.4 Å². The first-order valence-electron chi connectivity index (χ1n) is 10.1. The molecule has 2 aromatic carbocycles. The van der Waals surface area contributed by atoms with Gasteiger partial charge in [0, 0.05) is 11.4 Å². The summed E-state index contributed by atoms with van der Waals surface area (Å²) in [5, 5.41) is 3.08. The van der Waals surface area contributed by atoms with Crippen LogP contribution in [0.4, 0.5) is 0 Å². The molecule has 0 bridgehead atoms. The van der Waals surface area contributed by atoms with Gasteiger partial charge in [0.25, 0.3) is 5.91 Å². The first-order chi connectivity index (χ1) is 15.0. The van der Waals surface area contributed by atoms with Crippen LogP contribution in [0, 0.1) is 0 Å². The summed E-state index contributed by atoms with van der Waals surface area (Å²) in [5.74, 6) is 2.25. The molecular formula is C24H26N2O4S. The molecule has 6 nitrogen and oxygen atoms in total. The van der Waals surface area contributed by atoms with Crippen molar-refractivity contribution in [3.63, 3.8) is 0 Å². The number of carbonyl (C=O) groups excluding carboxylic acids is 1. The molecule has 0 aliphatic carbocycles. The molecule has 1 aliphatic rings. The van der Waals surface area contributed by atoms with E-state index >= 15 is 0 Å². The molecule has 31 heavy (non-hydrogen) atoms. The first kappa shape index (κ1) is 21.2. The second-order valence-electron chi connectivity index (χ2n) is 7.48. The normalized spacial score (nSPS) is 13.7. The highest BCUT2D eigenvalue weighted by molar-refractivity contribution is 7.17. The lowest BCUT2D eigenvalue weighted by Crippen LogP contribution is -2.34. The van der Waals surface area contributed by atoms with Gasteiger partial charge in [-0.05, 0) is 67.7 Å². The van der Waals surface area contributed by atoms with Gasteiger partial charge in [-0.2, -0.15) is 0 Å². The number of rotatable bonds is 7. The van der Waals surface area contributed by atoms with Crippen molar-refractivity contribution in [3.05, 3.63) is 65.0 Å². The van der Waals surface area contributed by atoms with E-state index in [-0.39, 0.29) is 11.9 Å². The van der Waals surface area contributed by atoms with Crippen molar-refractivity contribution in [2.24, 2.45) is 0 Å². The number of fused-ring (bicyclic) bond motifs is 1. The van der Waals surface area contributed by atoms with E-state index in [4.69, 9.17) is 14.2 Å². The molecule has 1 atom stereocenters. The third-order valence-corrected chi connectivity index (χ3v) is 6.37. The minimum Gasteiger partial charge on any atom is -0.497 e. The summed E-state index contributed by atoms with van der Waals surface area (Å²) in [6.07, 6.45) is 0. The topological polar surface area (TPSA) is 60.0 Å². The van der Waals surface area contributed by atoms with E-state index in [1.54, 1.807) is 7.11 Å². The van der Waals surface area contributed by atoms with Crippen LogP contribution in [0.2, 0.25) is 0 Å². The fraction of sp³-hybridized carbons (Fsp3) is 0.292. The van der Waals surface area contributed by atoms with Crippen molar-refractivity contribution in [2.75, 3.05) is 41.0 Å². The van der Waals surface area contributed by atoms with Crippen LogP contribution in [0.1, 0.15) is 21.3 Å². The lowest BCUT2D eigenvalue weighted by Gasteiger charge is -2.25. The van der Waals surface area contributed by atoms with Gasteiger partial charge in [0.15, 0.2) is 11.5 Å². The number of ether oxygens (including phenoxy) is 3. The predicted molar refractivity (Wildman–Crippen MR) is 123 cm³/mol. The summed E-state index contributed by atoms with van der Waals surface area (Å²) >= 11 is 1.47. The minimum absolute atomic E-state index is 0.0621. The van der Waals surface area contributed by atoms with Crippen molar-refractivity contribution >= 4 is 17.2 Å². The third-order valence-electron chi connectivity index (χ3n) is 5.24. The van der Waals surface area contributed by atoms with Gasteiger partial charge >= 0.3 is 0 Å². The van der Waals surface area contributed by atoms with Gasteiger partial charge in [-0.15, -0.1) is 11.3 Å². The lowest BCUT2D eigenvalue weighted by atomic mass is 10.1. The SMILES string of the molecule is COc1ccc(C(CNC(=O)c2ccc(-c3ccc4c(c3)OCCO4)s2)N(C)C)cc1. The van der Waals surface area contributed by atoms with Crippen molar-refractivity contribution in [3.8, 4) is 27.7 Å². The van der Waals surface area contributed by atoms with E-state index < -0.39 is 0 Å². The van der Waals surface area contributed by atoms with Gasteiger partial charge in [0.1, 0.15) is 19.0 Å². The Morgan fingerprint density at radius 1 is 1.06 bits per heavy atom. The summed E-state index contributed by atoms with van der Waals surface area (Å²) < 4.78 is 16.5. The third kappa shape index (κ3) is 4.84. The average Bonchev–Trinajstić information content (AvgIpc) is 3.29. The van der Waals surface area contributed by atoms with Crippen molar-refractivity contribution in [2.45, 2.75) is 6.04 Å². The zero-order valence-corrected chi connectivity index (χ0v) is 18.7. The lowest BCUT2D eigenvalue weighted by molar-refractivity contribution is 0.0946. The van der Waals surface area contributed by atoms with E-state index in [1.165, 1.54) is 11.3 Å². The second-order valence-corrected chi connectivity index (χ2v) is 8.57. The molecule has 1 amide bonds. The summed E-state index contributed by atoms with van der Waals surface area (Å²) in [7, 11) is 5.66. The van der Waals surface area contributed by atoms with Crippen LogP contribution in [0.3, 0.4) is 0 Å². The number of methoxy groups -OCH3 is 1. The number of hydrogen-bond donors (Lipinski definition) is 1. The van der Waals surface area contributed by atoms with E-state index in [0.717, 1.165) is 33.3 Å². The molecule has 3 aromatic rings. The van der Waals surface area contributed by atoms with Crippen molar-refractivity contribution in [1.82, 2.24) is 10.2 Å². The summed E-state index contributed by atoms with van der Waals surface area (Å²) in [6, 6.07) is 17.7. The summed E-state index contributed by atoms with van der Waals surface area (Å²) in [5.41, 5.74) is 2.13. The molecule has 0 radical (unpaired) electrons. The molecule has 1 unspecified atom stereocenters. The maximum atomic E-state index is 12.8. The molecule has 0 saturated heterocycles. The highest BCUT2D eigenvalue weighted by Crippen LogP contribution is 2.37. The van der Waals surface area contributed by atoms with E-state index in [2.05, 4.69) is 10.2 Å². The number of thiophene rings is 1. The van der Waals surface area contributed by atoms with Crippen molar-refractivity contribution < 1.29 is 19.0 Å². The molecule has 1 aromatic heterocycles. The van der Waals surface area contributed by atoms with Gasteiger partial charge in [0.05, 0.1) is 18.0 Å². The van der Waals surface area contributed by atoms with Crippen LogP contribution < -0.4 is 19.5 Å². The molecule has 0 fully saturated rings. The molecule has 1 aliphatic heterocycles. The number of hydrogen-bond acceptors (Lipinski definition) is 6. The fourth-order valence-electron chi connectivity index (χ4n) is 3.51. The number of benzene rings is 2. The Kier molecular flexibility index (Phi) is 6.44. The van der Waals surface area contributed by atoms with Crippen LogP contribution in [0.5, 0.6) is 17.2 Å². The van der Waals surface area contributed by atoms with E-state index in [0.29, 0.717) is 24.6 Å². The number of nitrogens with zero attached hydrogens (tertiary/aromatic N) is 1. The molecule has 1 N–H and O–H groups in total. The van der Waals surface area contributed by atoms with E-state index in [9.17, 15) is 4.79 Å². The molecule has 0 saturated carbocycles. The van der Waals surface area contributed by atoms with Gasteiger partial charge in [0.2, 0.25) is 0 Å². The smallest absolute Gasteiger partial charge is 0.261 e. The Morgan fingerprint density at radius 3 is 2.52 bits per heavy atom. The average molecular weight is 439 g/mol. The number of likely N-dealkylation sites (N-methyl/N-ethyl adjacent to an activating group) is 1. The fourth-order valence-corrected chi connectivity index (χ4v) is 4.43. The molecule has 0 spiro atoms. The second kappa shape index (κ2) is 9.41. The minimum atomic E-state index is -0.0749. The number of carbonyl (C=O) groups is 1. The monoisotopic (exact) mass is 438 g/mol. The Balaban J connectivity index is 1.43. The van der Waals surface area contributed by atoms with Crippen molar-refractivity contribution in [1.29, 1.82) is 0 Å². The van der Waals surface area contributed by atoms with Crippen LogP contribution in [0.25, 0.3) is 10.4 Å². The number of amides is 1. The molecule has 4 rings (SSSR count). The van der Waals surface area contributed by atoms with Crippen LogP contribution in [0.15, 0.2) is 54.6 Å². The van der Waals surface area contributed by atoms with Gasteiger partial charge in [-0.1, -0.05) is 12.1 Å². The molecule has 7 heteroatoms. The molecule has 162 valence electrons. The maximum Gasteiger partial charge on any atom is 0.261 e. The Bertz CT molecular complexity index is 1050. The predicted octanol–water partition coefficient (Wildman–Crippen LogP) is 4.23. The Morgan fingerprint density at radius 2 is 1.81 bits per heavy atom. The Hall–Kier alpha value is -3.03.